The zero-order valence-corrected chi connectivity index (χ0v) is 7.47. The molecule has 1 N–H and O–H groups in total. The Bertz CT molecular complexity index is 319. The molecule has 1 unspecified atom stereocenters. The van der Waals surface area contributed by atoms with Crippen molar-refractivity contribution in [3.63, 3.8) is 0 Å². The minimum atomic E-state index is -0.860. The Morgan fingerprint density at radius 1 is 1.85 bits per heavy atom. The Morgan fingerprint density at radius 2 is 2.46 bits per heavy atom. The molecule has 72 valence electrons. The van der Waals surface area contributed by atoms with Crippen LogP contribution in [-0.2, 0) is 6.54 Å². The SMILES string of the molecule is CCn1ncc(C(C)O)c1[N+](=O)[O-]. The predicted molar refractivity (Wildman–Crippen MR) is 45.2 cm³/mol. The first-order valence-corrected chi connectivity index (χ1v) is 3.96. The molecular weight excluding hydrogens is 174 g/mol. The molecule has 0 fully saturated rings. The smallest absolute Gasteiger partial charge is 0.350 e. The number of nitro groups is 1. The molecular formula is C7H11N3O3. The van der Waals surface area contributed by atoms with Gasteiger partial charge in [0, 0.05) is 0 Å². The molecule has 0 aromatic carbocycles. The second-order valence-electron chi connectivity index (χ2n) is 2.67. The summed E-state index contributed by atoms with van der Waals surface area (Å²) in [6.07, 6.45) is 0.465. The molecule has 6 heteroatoms. The Balaban J connectivity index is 3.22. The lowest BCUT2D eigenvalue weighted by Crippen LogP contribution is -2.04. The van der Waals surface area contributed by atoms with E-state index in [2.05, 4.69) is 5.10 Å². The van der Waals surface area contributed by atoms with Crippen molar-refractivity contribution in [3.05, 3.63) is 21.9 Å². The number of aliphatic hydroxyl groups excluding tert-OH is 1. The molecule has 0 aliphatic rings. The third kappa shape index (κ3) is 1.67. The van der Waals surface area contributed by atoms with Gasteiger partial charge in [-0.1, -0.05) is 5.10 Å². The molecule has 0 radical (unpaired) electrons. The summed E-state index contributed by atoms with van der Waals surface area (Å²) in [6, 6.07) is 0. The lowest BCUT2D eigenvalue weighted by molar-refractivity contribution is -0.393. The van der Waals surface area contributed by atoms with Crippen LogP contribution in [0.15, 0.2) is 6.20 Å². The Labute approximate surface area is 74.9 Å². The van der Waals surface area contributed by atoms with Gasteiger partial charge in [0.1, 0.15) is 6.54 Å². The second-order valence-corrected chi connectivity index (χ2v) is 2.67. The fourth-order valence-electron chi connectivity index (χ4n) is 1.12. The molecule has 1 heterocycles. The fraction of sp³-hybridized carbons (Fsp3) is 0.571. The molecule has 0 saturated heterocycles. The standard InChI is InChI=1S/C7H11N3O3/c1-3-9-7(10(12)13)6(4-8-9)5(2)11/h4-5,11H,3H2,1-2H3. The maximum absolute atomic E-state index is 10.6. The van der Waals surface area contributed by atoms with Crippen LogP contribution < -0.4 is 0 Å². The van der Waals surface area contributed by atoms with Gasteiger partial charge in [0.15, 0.2) is 0 Å². The molecule has 0 amide bonds. The van der Waals surface area contributed by atoms with E-state index in [-0.39, 0.29) is 11.4 Å². The Morgan fingerprint density at radius 3 is 2.85 bits per heavy atom. The van der Waals surface area contributed by atoms with Crippen molar-refractivity contribution >= 4 is 5.82 Å². The fourth-order valence-corrected chi connectivity index (χ4v) is 1.12. The van der Waals surface area contributed by atoms with Crippen molar-refractivity contribution < 1.29 is 10.0 Å². The lowest BCUT2D eigenvalue weighted by atomic mass is 10.2. The van der Waals surface area contributed by atoms with Gasteiger partial charge in [-0.15, -0.1) is 4.68 Å². The Hall–Kier alpha value is -1.43. The van der Waals surface area contributed by atoms with Crippen LogP contribution in [0, 0.1) is 10.1 Å². The van der Waals surface area contributed by atoms with Crippen molar-refractivity contribution in [1.82, 2.24) is 9.78 Å². The molecule has 1 rings (SSSR count). The van der Waals surface area contributed by atoms with Gasteiger partial charge in [-0.05, 0) is 18.8 Å². The highest BCUT2D eigenvalue weighted by Gasteiger charge is 2.23. The van der Waals surface area contributed by atoms with Gasteiger partial charge < -0.3 is 15.2 Å². The summed E-state index contributed by atoms with van der Waals surface area (Å²) in [5.74, 6) is -0.127. The Kier molecular flexibility index (Phi) is 2.62. The van der Waals surface area contributed by atoms with E-state index in [1.54, 1.807) is 6.92 Å². The molecule has 0 spiro atoms. The molecule has 0 bridgehead atoms. The number of rotatable bonds is 3. The topological polar surface area (TPSA) is 81.2 Å². The van der Waals surface area contributed by atoms with Crippen LogP contribution in [-0.4, -0.2) is 19.8 Å². The van der Waals surface area contributed by atoms with E-state index in [1.807, 2.05) is 0 Å². The zero-order valence-electron chi connectivity index (χ0n) is 7.47. The normalized spacial score (nSPS) is 12.8. The van der Waals surface area contributed by atoms with Crippen LogP contribution in [0.5, 0.6) is 0 Å². The predicted octanol–water partition coefficient (Wildman–Crippen LogP) is 0.864. The first-order valence-electron chi connectivity index (χ1n) is 3.96. The molecule has 13 heavy (non-hydrogen) atoms. The monoisotopic (exact) mass is 185 g/mol. The third-order valence-corrected chi connectivity index (χ3v) is 1.76. The molecule has 1 atom stereocenters. The summed E-state index contributed by atoms with van der Waals surface area (Å²) < 4.78 is 1.25. The van der Waals surface area contributed by atoms with Gasteiger partial charge in [-0.25, -0.2) is 0 Å². The van der Waals surface area contributed by atoms with Gasteiger partial charge in [0.2, 0.25) is 0 Å². The van der Waals surface area contributed by atoms with E-state index in [0.717, 1.165) is 0 Å². The van der Waals surface area contributed by atoms with Crippen LogP contribution in [0.2, 0.25) is 0 Å². The summed E-state index contributed by atoms with van der Waals surface area (Å²) in [6.45, 7) is 3.65. The highest BCUT2D eigenvalue weighted by atomic mass is 16.6. The number of hydrogen-bond donors (Lipinski definition) is 1. The summed E-state index contributed by atoms with van der Waals surface area (Å²) in [7, 11) is 0. The van der Waals surface area contributed by atoms with Crippen molar-refractivity contribution in [2.45, 2.75) is 26.5 Å². The first kappa shape index (κ1) is 9.66. The van der Waals surface area contributed by atoms with Gasteiger partial charge in [-0.2, -0.15) is 0 Å². The van der Waals surface area contributed by atoms with E-state index in [1.165, 1.54) is 17.8 Å². The van der Waals surface area contributed by atoms with E-state index in [4.69, 9.17) is 0 Å². The van der Waals surface area contributed by atoms with Gasteiger partial charge >= 0.3 is 5.82 Å². The van der Waals surface area contributed by atoms with E-state index in [9.17, 15) is 15.2 Å². The van der Waals surface area contributed by atoms with E-state index < -0.39 is 11.0 Å². The van der Waals surface area contributed by atoms with Crippen molar-refractivity contribution in [2.75, 3.05) is 0 Å². The molecule has 1 aromatic rings. The molecule has 0 saturated carbocycles. The number of aromatic nitrogens is 2. The van der Waals surface area contributed by atoms with Crippen molar-refractivity contribution in [1.29, 1.82) is 0 Å². The number of aryl methyl sites for hydroxylation is 1. The van der Waals surface area contributed by atoms with Crippen molar-refractivity contribution in [2.24, 2.45) is 0 Å². The summed E-state index contributed by atoms with van der Waals surface area (Å²) in [5, 5.41) is 23.6. The first-order chi connectivity index (χ1) is 6.07. The van der Waals surface area contributed by atoms with Gasteiger partial charge in [0.05, 0.1) is 17.9 Å². The molecule has 0 aliphatic carbocycles. The number of nitrogens with zero attached hydrogens (tertiary/aromatic N) is 3. The minimum Gasteiger partial charge on any atom is -0.388 e. The summed E-state index contributed by atoms with van der Waals surface area (Å²) >= 11 is 0. The largest absolute Gasteiger partial charge is 0.388 e. The molecule has 0 aliphatic heterocycles. The summed E-state index contributed by atoms with van der Waals surface area (Å²) in [4.78, 5) is 10.1. The average molecular weight is 185 g/mol. The van der Waals surface area contributed by atoms with E-state index >= 15 is 0 Å². The van der Waals surface area contributed by atoms with Crippen LogP contribution >= 0.6 is 0 Å². The van der Waals surface area contributed by atoms with Crippen LogP contribution in [0.1, 0.15) is 25.5 Å². The maximum Gasteiger partial charge on any atom is 0.350 e. The molecule has 1 aromatic heterocycles. The highest BCUT2D eigenvalue weighted by molar-refractivity contribution is 5.32. The van der Waals surface area contributed by atoms with Crippen LogP contribution in [0.3, 0.4) is 0 Å². The quantitative estimate of drug-likeness (QED) is 0.559. The molecule has 6 nitrogen and oxygen atoms in total. The van der Waals surface area contributed by atoms with Crippen molar-refractivity contribution in [3.8, 4) is 0 Å². The zero-order chi connectivity index (χ0) is 10.0. The minimum absolute atomic E-state index is 0.127. The summed E-state index contributed by atoms with van der Waals surface area (Å²) in [5.41, 5.74) is 0.256. The van der Waals surface area contributed by atoms with Crippen LogP contribution in [0.4, 0.5) is 5.82 Å². The third-order valence-electron chi connectivity index (χ3n) is 1.76. The van der Waals surface area contributed by atoms with Crippen LogP contribution in [0.25, 0.3) is 0 Å². The maximum atomic E-state index is 10.6. The van der Waals surface area contributed by atoms with Gasteiger partial charge in [-0.3, -0.25) is 0 Å². The van der Waals surface area contributed by atoms with Gasteiger partial charge in [0.25, 0.3) is 0 Å². The second kappa shape index (κ2) is 3.53. The lowest BCUT2D eigenvalue weighted by Gasteiger charge is -2.01. The number of aliphatic hydroxyl groups is 1. The number of hydrogen-bond acceptors (Lipinski definition) is 4. The highest BCUT2D eigenvalue weighted by Crippen LogP contribution is 2.23. The van der Waals surface area contributed by atoms with E-state index in [0.29, 0.717) is 6.54 Å². The average Bonchev–Trinajstić information content (AvgIpc) is 2.46.